The Labute approximate surface area is 188 Å². The molecule has 3 rings (SSSR count). The summed E-state index contributed by atoms with van der Waals surface area (Å²) in [5.74, 6) is 6.66. The normalized spacial score (nSPS) is 15.1. The SMILES string of the molecule is Cc1cc(OCC2CCN(C=NN)CC2)cc(OS(=O)(=O)c2cccc(OCCO)c2)c1. The lowest BCUT2D eigenvalue weighted by Crippen LogP contribution is -2.34. The summed E-state index contributed by atoms with van der Waals surface area (Å²) in [6.45, 7) is 4.03. The van der Waals surface area contributed by atoms with Crippen LogP contribution in [-0.2, 0) is 10.1 Å². The zero-order chi connectivity index (χ0) is 23.0. The molecule has 1 aliphatic heterocycles. The summed E-state index contributed by atoms with van der Waals surface area (Å²) in [5.41, 5.74) is 0.821. The molecule has 1 aliphatic rings. The third-order valence-electron chi connectivity index (χ3n) is 5.05. The van der Waals surface area contributed by atoms with Crippen molar-refractivity contribution >= 4 is 16.5 Å². The van der Waals surface area contributed by atoms with Gasteiger partial charge in [0.05, 0.1) is 13.2 Å². The van der Waals surface area contributed by atoms with Crippen molar-refractivity contribution in [3.63, 3.8) is 0 Å². The number of nitrogens with two attached hydrogens (primary N) is 1. The minimum Gasteiger partial charge on any atom is -0.493 e. The lowest BCUT2D eigenvalue weighted by molar-refractivity contribution is 0.183. The van der Waals surface area contributed by atoms with E-state index in [4.69, 9.17) is 24.6 Å². The first-order valence-corrected chi connectivity index (χ1v) is 11.8. The number of benzene rings is 2. The number of hydrogen-bond acceptors (Lipinski definition) is 8. The molecule has 1 fully saturated rings. The lowest BCUT2D eigenvalue weighted by atomic mass is 9.98. The van der Waals surface area contributed by atoms with Gasteiger partial charge in [-0.1, -0.05) is 6.07 Å². The smallest absolute Gasteiger partial charge is 0.339 e. The number of piperidine rings is 1. The van der Waals surface area contributed by atoms with E-state index >= 15 is 0 Å². The number of aryl methyl sites for hydroxylation is 1. The fourth-order valence-electron chi connectivity index (χ4n) is 3.45. The van der Waals surface area contributed by atoms with E-state index in [0.717, 1.165) is 31.5 Å². The van der Waals surface area contributed by atoms with Crippen molar-refractivity contribution in [2.45, 2.75) is 24.7 Å². The zero-order valence-corrected chi connectivity index (χ0v) is 18.8. The first-order valence-electron chi connectivity index (χ1n) is 10.4. The van der Waals surface area contributed by atoms with E-state index in [1.54, 1.807) is 30.6 Å². The molecule has 1 heterocycles. The summed E-state index contributed by atoms with van der Waals surface area (Å²) in [6, 6.07) is 11.0. The Morgan fingerprint density at radius 2 is 1.88 bits per heavy atom. The molecule has 2 aromatic rings. The molecule has 0 aliphatic carbocycles. The predicted molar refractivity (Wildman–Crippen MR) is 120 cm³/mol. The highest BCUT2D eigenvalue weighted by Gasteiger charge is 2.20. The highest BCUT2D eigenvalue weighted by atomic mass is 32.2. The summed E-state index contributed by atoms with van der Waals surface area (Å²) in [4.78, 5) is 2.04. The van der Waals surface area contributed by atoms with E-state index in [1.807, 2.05) is 13.0 Å². The van der Waals surface area contributed by atoms with E-state index in [0.29, 0.717) is 24.0 Å². The van der Waals surface area contributed by atoms with Crippen LogP contribution in [0.5, 0.6) is 17.2 Å². The third kappa shape index (κ3) is 6.76. The van der Waals surface area contributed by atoms with Gasteiger partial charge in [0.25, 0.3) is 0 Å². The summed E-state index contributed by atoms with van der Waals surface area (Å²) >= 11 is 0. The van der Waals surface area contributed by atoms with Gasteiger partial charge >= 0.3 is 10.1 Å². The van der Waals surface area contributed by atoms with Gasteiger partial charge in [-0.2, -0.15) is 13.5 Å². The van der Waals surface area contributed by atoms with Gasteiger partial charge in [-0.15, -0.1) is 0 Å². The molecular weight excluding hydrogens is 434 g/mol. The molecule has 0 saturated carbocycles. The standard InChI is InChI=1S/C22H29N3O6S/c1-17-11-20(30-15-18-5-7-25(8-6-18)16-24-23)13-21(12-17)31-32(27,28)22-4-2-3-19(14-22)29-10-9-26/h2-4,11-14,16,18,26H,5-10,15,23H2,1H3. The molecule has 3 N–H and O–H groups in total. The topological polar surface area (TPSA) is 124 Å². The number of rotatable bonds is 10. The van der Waals surface area contributed by atoms with Crippen molar-refractivity contribution in [3.05, 3.63) is 48.0 Å². The number of hydrogen-bond donors (Lipinski definition) is 2. The van der Waals surface area contributed by atoms with E-state index in [1.165, 1.54) is 12.1 Å². The van der Waals surface area contributed by atoms with Crippen molar-refractivity contribution in [3.8, 4) is 17.2 Å². The Bertz CT molecular complexity index is 1020. The van der Waals surface area contributed by atoms with Crippen molar-refractivity contribution in [1.29, 1.82) is 0 Å². The van der Waals surface area contributed by atoms with Crippen LogP contribution in [0.15, 0.2) is 52.5 Å². The Kier molecular flexibility index (Phi) is 8.18. The Morgan fingerprint density at radius 3 is 2.59 bits per heavy atom. The average molecular weight is 464 g/mol. The minimum absolute atomic E-state index is 0.0373. The van der Waals surface area contributed by atoms with E-state index in [9.17, 15) is 8.42 Å². The van der Waals surface area contributed by atoms with Crippen LogP contribution in [-0.4, -0.2) is 57.7 Å². The molecule has 0 atom stereocenters. The molecule has 0 radical (unpaired) electrons. The molecule has 10 heteroatoms. The molecule has 0 amide bonds. The van der Waals surface area contributed by atoms with Gasteiger partial charge in [0.1, 0.15) is 35.1 Å². The summed E-state index contributed by atoms with van der Waals surface area (Å²) in [6.07, 6.45) is 3.57. The average Bonchev–Trinajstić information content (AvgIpc) is 2.77. The lowest BCUT2D eigenvalue weighted by Gasteiger charge is -2.30. The molecule has 0 bridgehead atoms. The fourth-order valence-corrected chi connectivity index (χ4v) is 4.40. The van der Waals surface area contributed by atoms with Crippen LogP contribution >= 0.6 is 0 Å². The quantitative estimate of drug-likeness (QED) is 0.181. The fraction of sp³-hybridized carbons (Fsp3) is 0.409. The Morgan fingerprint density at radius 1 is 1.12 bits per heavy atom. The number of aliphatic hydroxyl groups is 1. The zero-order valence-electron chi connectivity index (χ0n) is 18.0. The molecule has 0 unspecified atom stereocenters. The number of hydrazone groups is 1. The summed E-state index contributed by atoms with van der Waals surface area (Å²) in [7, 11) is -4.07. The second-order valence-corrected chi connectivity index (χ2v) is 9.17. The molecule has 174 valence electrons. The predicted octanol–water partition coefficient (Wildman–Crippen LogP) is 2.13. The maximum atomic E-state index is 12.7. The Balaban J connectivity index is 1.64. The Hall–Kier alpha value is -2.98. The maximum Gasteiger partial charge on any atom is 0.339 e. The number of ether oxygens (including phenoxy) is 2. The van der Waals surface area contributed by atoms with Gasteiger partial charge in [-0.3, -0.25) is 0 Å². The van der Waals surface area contributed by atoms with E-state index in [-0.39, 0.29) is 23.9 Å². The minimum atomic E-state index is -4.07. The van der Waals surface area contributed by atoms with Gasteiger partial charge < -0.3 is 29.5 Å². The van der Waals surface area contributed by atoms with Gasteiger partial charge in [0.2, 0.25) is 0 Å². The van der Waals surface area contributed by atoms with Crippen molar-refractivity contribution in [2.75, 3.05) is 32.9 Å². The molecule has 2 aromatic carbocycles. The molecule has 0 spiro atoms. The van der Waals surface area contributed by atoms with Crippen LogP contribution in [0.1, 0.15) is 18.4 Å². The molecule has 32 heavy (non-hydrogen) atoms. The summed E-state index contributed by atoms with van der Waals surface area (Å²) in [5, 5.41) is 12.4. The molecule has 1 saturated heterocycles. The monoisotopic (exact) mass is 463 g/mol. The maximum absolute atomic E-state index is 12.7. The second kappa shape index (κ2) is 11.1. The number of nitrogens with zero attached hydrogens (tertiary/aromatic N) is 2. The largest absolute Gasteiger partial charge is 0.493 e. The van der Waals surface area contributed by atoms with Crippen molar-refractivity contribution < 1.29 is 27.2 Å². The number of aliphatic hydroxyl groups excluding tert-OH is 1. The third-order valence-corrected chi connectivity index (χ3v) is 6.29. The molecule has 9 nitrogen and oxygen atoms in total. The van der Waals surface area contributed by atoms with Gasteiger partial charge in [0.15, 0.2) is 0 Å². The molecule has 0 aromatic heterocycles. The van der Waals surface area contributed by atoms with E-state index < -0.39 is 10.1 Å². The molecular formula is C22H29N3O6S. The van der Waals surface area contributed by atoms with Gasteiger partial charge in [-0.05, 0) is 55.5 Å². The first kappa shape index (κ1) is 23.7. The van der Waals surface area contributed by atoms with Gasteiger partial charge in [-0.25, -0.2) is 0 Å². The summed E-state index contributed by atoms with van der Waals surface area (Å²) < 4.78 is 42.1. The van der Waals surface area contributed by atoms with Crippen LogP contribution in [0.3, 0.4) is 0 Å². The van der Waals surface area contributed by atoms with Crippen molar-refractivity contribution in [1.82, 2.24) is 4.90 Å². The number of likely N-dealkylation sites (tertiary alicyclic amines) is 1. The van der Waals surface area contributed by atoms with E-state index in [2.05, 4.69) is 10.0 Å². The first-order chi connectivity index (χ1) is 15.4. The van der Waals surface area contributed by atoms with Crippen LogP contribution in [0, 0.1) is 12.8 Å². The van der Waals surface area contributed by atoms with Gasteiger partial charge in [0, 0.05) is 25.2 Å². The van der Waals surface area contributed by atoms with Crippen LogP contribution < -0.4 is 19.5 Å². The van der Waals surface area contributed by atoms with Crippen LogP contribution in [0.25, 0.3) is 0 Å². The highest BCUT2D eigenvalue weighted by Crippen LogP contribution is 2.28. The van der Waals surface area contributed by atoms with Crippen LogP contribution in [0.4, 0.5) is 0 Å². The van der Waals surface area contributed by atoms with Crippen LogP contribution in [0.2, 0.25) is 0 Å². The second-order valence-electron chi connectivity index (χ2n) is 7.62. The highest BCUT2D eigenvalue weighted by molar-refractivity contribution is 7.87. The van der Waals surface area contributed by atoms with Crippen molar-refractivity contribution in [2.24, 2.45) is 16.9 Å².